The molecular weight excluding hydrogens is 243 g/mol. The van der Waals surface area contributed by atoms with Gasteiger partial charge in [0.1, 0.15) is 0 Å². The van der Waals surface area contributed by atoms with Gasteiger partial charge in [0.15, 0.2) is 6.30 Å². The van der Waals surface area contributed by atoms with E-state index in [4.69, 9.17) is 9.84 Å². The standard InChI is InChI=1S/C11H17FN2O4/c1-7-5-14(10(17)13-9(7)16)8(12)4-11(2,6-15)18-3/h5,8,15H,4,6H2,1-3H3,(H,13,16,17). The molecule has 0 saturated carbocycles. The number of hydrogen-bond donors (Lipinski definition) is 2. The number of halogens is 1. The Labute approximate surface area is 103 Å². The predicted octanol–water partition coefficient (Wildman–Crippen LogP) is 0.101. The van der Waals surface area contributed by atoms with E-state index >= 15 is 0 Å². The van der Waals surface area contributed by atoms with E-state index in [0.29, 0.717) is 0 Å². The lowest BCUT2D eigenvalue weighted by Gasteiger charge is -2.27. The monoisotopic (exact) mass is 260 g/mol. The Balaban J connectivity index is 3.05. The third-order valence-corrected chi connectivity index (χ3v) is 2.88. The summed E-state index contributed by atoms with van der Waals surface area (Å²) in [4.78, 5) is 24.6. The normalized spacial score (nSPS) is 16.3. The molecule has 2 N–H and O–H groups in total. The summed E-state index contributed by atoms with van der Waals surface area (Å²) in [6.45, 7) is 2.63. The number of aromatic amines is 1. The van der Waals surface area contributed by atoms with Crippen LogP contribution in [0.25, 0.3) is 0 Å². The minimum atomic E-state index is -1.69. The zero-order valence-corrected chi connectivity index (χ0v) is 10.6. The van der Waals surface area contributed by atoms with Crippen molar-refractivity contribution in [3.8, 4) is 0 Å². The lowest BCUT2D eigenvalue weighted by molar-refractivity contribution is -0.0660. The first-order valence-electron chi connectivity index (χ1n) is 5.45. The molecule has 0 aliphatic rings. The topological polar surface area (TPSA) is 84.3 Å². The van der Waals surface area contributed by atoms with Gasteiger partial charge in [0, 0.05) is 25.3 Å². The van der Waals surface area contributed by atoms with E-state index in [9.17, 15) is 14.0 Å². The molecular formula is C11H17FN2O4. The highest BCUT2D eigenvalue weighted by molar-refractivity contribution is 5.01. The van der Waals surface area contributed by atoms with Gasteiger partial charge >= 0.3 is 5.69 Å². The number of H-pyrrole nitrogens is 1. The summed E-state index contributed by atoms with van der Waals surface area (Å²) in [5.41, 5.74) is -2.21. The first kappa shape index (κ1) is 14.6. The first-order chi connectivity index (χ1) is 8.33. The molecule has 0 aromatic carbocycles. The van der Waals surface area contributed by atoms with Gasteiger partial charge in [-0.2, -0.15) is 0 Å². The second-order valence-corrected chi connectivity index (χ2v) is 4.43. The number of alkyl halides is 1. The fourth-order valence-electron chi connectivity index (χ4n) is 1.46. The highest BCUT2D eigenvalue weighted by Crippen LogP contribution is 2.23. The maximum absolute atomic E-state index is 14.0. The molecule has 1 heterocycles. The third-order valence-electron chi connectivity index (χ3n) is 2.88. The van der Waals surface area contributed by atoms with Crippen LogP contribution in [-0.2, 0) is 4.74 Å². The van der Waals surface area contributed by atoms with Crippen molar-refractivity contribution in [3.63, 3.8) is 0 Å². The van der Waals surface area contributed by atoms with Gasteiger partial charge in [0.05, 0.1) is 12.2 Å². The van der Waals surface area contributed by atoms with Crippen molar-refractivity contribution >= 4 is 0 Å². The molecule has 0 bridgehead atoms. The molecule has 0 radical (unpaired) electrons. The molecule has 7 heteroatoms. The van der Waals surface area contributed by atoms with E-state index in [0.717, 1.165) is 10.8 Å². The molecule has 2 unspecified atom stereocenters. The zero-order chi connectivity index (χ0) is 13.9. The van der Waals surface area contributed by atoms with Gasteiger partial charge in [0.2, 0.25) is 0 Å². The van der Waals surface area contributed by atoms with Gasteiger partial charge in [-0.3, -0.25) is 14.3 Å². The highest BCUT2D eigenvalue weighted by Gasteiger charge is 2.28. The van der Waals surface area contributed by atoms with Crippen LogP contribution >= 0.6 is 0 Å². The highest BCUT2D eigenvalue weighted by atomic mass is 19.1. The quantitative estimate of drug-likeness (QED) is 0.786. The fourth-order valence-corrected chi connectivity index (χ4v) is 1.46. The molecule has 1 aromatic rings. The Kier molecular flexibility index (Phi) is 4.42. The van der Waals surface area contributed by atoms with Crippen LogP contribution in [0, 0.1) is 6.92 Å². The van der Waals surface area contributed by atoms with E-state index in [1.807, 2.05) is 4.98 Å². The minimum Gasteiger partial charge on any atom is -0.393 e. The molecule has 18 heavy (non-hydrogen) atoms. The molecule has 0 aliphatic carbocycles. The van der Waals surface area contributed by atoms with Crippen LogP contribution < -0.4 is 11.2 Å². The molecule has 1 aromatic heterocycles. The van der Waals surface area contributed by atoms with E-state index in [1.165, 1.54) is 21.0 Å². The summed E-state index contributed by atoms with van der Waals surface area (Å²) in [7, 11) is 1.35. The first-order valence-corrected chi connectivity index (χ1v) is 5.45. The van der Waals surface area contributed by atoms with Crippen molar-refractivity contribution in [1.82, 2.24) is 9.55 Å². The van der Waals surface area contributed by atoms with Gasteiger partial charge in [0.25, 0.3) is 5.56 Å². The van der Waals surface area contributed by atoms with E-state index in [1.54, 1.807) is 0 Å². The lowest BCUT2D eigenvalue weighted by atomic mass is 10.0. The summed E-state index contributed by atoms with van der Waals surface area (Å²) in [6, 6.07) is 0. The lowest BCUT2D eigenvalue weighted by Crippen LogP contribution is -2.38. The number of methoxy groups -OCH3 is 1. The van der Waals surface area contributed by atoms with Crippen LogP contribution in [0.1, 0.15) is 25.2 Å². The summed E-state index contributed by atoms with van der Waals surface area (Å²) in [5.74, 6) is 0. The van der Waals surface area contributed by atoms with Gasteiger partial charge in [-0.25, -0.2) is 9.18 Å². The van der Waals surface area contributed by atoms with Gasteiger partial charge in [-0.1, -0.05) is 0 Å². The second-order valence-electron chi connectivity index (χ2n) is 4.43. The summed E-state index contributed by atoms with van der Waals surface area (Å²) in [5, 5.41) is 9.11. The number of rotatable bonds is 5. The average molecular weight is 260 g/mol. The van der Waals surface area contributed by atoms with Crippen molar-refractivity contribution in [2.45, 2.75) is 32.2 Å². The molecule has 1 rings (SSSR count). The maximum atomic E-state index is 14.0. The van der Waals surface area contributed by atoms with Crippen molar-refractivity contribution in [1.29, 1.82) is 0 Å². The van der Waals surface area contributed by atoms with Crippen molar-refractivity contribution in [3.05, 3.63) is 32.6 Å². The Morgan fingerprint density at radius 2 is 2.22 bits per heavy atom. The smallest absolute Gasteiger partial charge is 0.330 e. The SMILES string of the molecule is COC(C)(CO)CC(F)n1cc(C)c(=O)[nH]c1=O. The fraction of sp³-hybridized carbons (Fsp3) is 0.636. The molecule has 0 fully saturated rings. The zero-order valence-electron chi connectivity index (χ0n) is 10.6. The van der Waals surface area contributed by atoms with Crippen LogP contribution in [0.2, 0.25) is 0 Å². The van der Waals surface area contributed by atoms with Crippen LogP contribution in [0.15, 0.2) is 15.8 Å². The largest absolute Gasteiger partial charge is 0.393 e. The number of aliphatic hydroxyl groups is 1. The summed E-state index contributed by atoms with van der Waals surface area (Å²) >= 11 is 0. The number of nitrogens with one attached hydrogen (secondary N) is 1. The number of hydrogen-bond acceptors (Lipinski definition) is 4. The van der Waals surface area contributed by atoms with E-state index in [-0.39, 0.29) is 18.6 Å². The Morgan fingerprint density at radius 3 is 2.72 bits per heavy atom. The van der Waals surface area contributed by atoms with Crippen LogP contribution in [0.5, 0.6) is 0 Å². The van der Waals surface area contributed by atoms with Gasteiger partial charge in [-0.15, -0.1) is 0 Å². The van der Waals surface area contributed by atoms with Crippen LogP contribution in [-0.4, -0.2) is 34.0 Å². The molecule has 0 amide bonds. The molecule has 6 nitrogen and oxygen atoms in total. The van der Waals surface area contributed by atoms with Crippen molar-refractivity contribution < 1.29 is 14.2 Å². The van der Waals surface area contributed by atoms with Crippen LogP contribution in [0.4, 0.5) is 4.39 Å². The molecule has 0 spiro atoms. The molecule has 0 saturated heterocycles. The number of aromatic nitrogens is 2. The van der Waals surface area contributed by atoms with Crippen LogP contribution in [0.3, 0.4) is 0 Å². The Bertz CT molecular complexity index is 519. The molecule has 102 valence electrons. The van der Waals surface area contributed by atoms with Crippen molar-refractivity contribution in [2.75, 3.05) is 13.7 Å². The number of aliphatic hydroxyl groups excluding tert-OH is 1. The Morgan fingerprint density at radius 1 is 1.61 bits per heavy atom. The van der Waals surface area contributed by atoms with Crippen molar-refractivity contribution in [2.24, 2.45) is 0 Å². The number of ether oxygens (including phenoxy) is 1. The molecule has 0 aliphatic heterocycles. The van der Waals surface area contributed by atoms with E-state index < -0.39 is 23.1 Å². The molecule has 2 atom stereocenters. The summed E-state index contributed by atoms with van der Waals surface area (Å²) < 4.78 is 19.8. The minimum absolute atomic E-state index is 0.203. The second kappa shape index (κ2) is 5.45. The third kappa shape index (κ3) is 3.05. The number of nitrogens with zero attached hydrogens (tertiary/aromatic N) is 1. The van der Waals surface area contributed by atoms with Gasteiger partial charge < -0.3 is 9.84 Å². The van der Waals surface area contributed by atoms with E-state index in [2.05, 4.69) is 0 Å². The average Bonchev–Trinajstić information content (AvgIpc) is 2.33. The Hall–Kier alpha value is -1.47. The summed E-state index contributed by atoms with van der Waals surface area (Å²) in [6.07, 6.45) is -0.741. The van der Waals surface area contributed by atoms with Gasteiger partial charge in [-0.05, 0) is 13.8 Å². The number of aryl methyl sites for hydroxylation is 1. The maximum Gasteiger partial charge on any atom is 0.330 e. The predicted molar refractivity (Wildman–Crippen MR) is 63.3 cm³/mol.